The van der Waals surface area contributed by atoms with E-state index < -0.39 is 169 Å². The second kappa shape index (κ2) is 27.2. The van der Waals surface area contributed by atoms with E-state index in [1.165, 1.54) is 21.1 Å². The second-order valence-corrected chi connectivity index (χ2v) is 23.7. The van der Waals surface area contributed by atoms with Crippen LogP contribution in [-0.2, 0) is 82.5 Å². The highest BCUT2D eigenvalue weighted by molar-refractivity contribution is 5.91. The van der Waals surface area contributed by atoms with Crippen molar-refractivity contribution >= 4 is 30.0 Å². The number of rotatable bonds is 16. The molecule has 0 aromatic heterocycles. The number of Topliss-reactive ketones (excluding diaryl/α,β-unsaturated/α-hetero) is 1. The highest BCUT2D eigenvalue weighted by atomic mass is 16.8. The molecule has 5 aliphatic heterocycles. The van der Waals surface area contributed by atoms with Gasteiger partial charge in [-0.2, -0.15) is 0 Å². The first-order valence-electron chi connectivity index (χ1n) is 27.9. The van der Waals surface area contributed by atoms with Gasteiger partial charge in [0, 0.05) is 51.4 Å². The molecule has 21 nitrogen and oxygen atoms in total. The van der Waals surface area contributed by atoms with E-state index in [-0.39, 0.29) is 38.3 Å². The first-order chi connectivity index (χ1) is 37.1. The summed E-state index contributed by atoms with van der Waals surface area (Å²) in [6, 6.07) is 9.16. The van der Waals surface area contributed by atoms with Crippen LogP contribution in [0.2, 0.25) is 0 Å². The molecule has 0 unspecified atom stereocenters. The van der Waals surface area contributed by atoms with Crippen molar-refractivity contribution in [2.75, 3.05) is 20.8 Å². The predicted molar refractivity (Wildman–Crippen MR) is 282 cm³/mol. The van der Waals surface area contributed by atoms with Gasteiger partial charge >= 0.3 is 24.2 Å². The fraction of sp³-hybridized carbons (Fsp3) is 0.776. The number of carbonyl (C=O) groups is 5. The van der Waals surface area contributed by atoms with Crippen molar-refractivity contribution in [2.24, 2.45) is 41.4 Å². The molecule has 79 heavy (non-hydrogen) atoms. The molecular weight excluding hydrogens is 1030 g/mol. The van der Waals surface area contributed by atoms with Crippen LogP contribution in [0.1, 0.15) is 121 Å². The average molecular weight is 1120 g/mol. The summed E-state index contributed by atoms with van der Waals surface area (Å²) in [4.78, 5) is 71.9. The Labute approximate surface area is 465 Å². The number of carbonyl (C=O) groups excluding carboxylic acids is 5. The Kier molecular flexibility index (Phi) is 22.0. The highest BCUT2D eigenvalue weighted by Crippen LogP contribution is 2.44. The molecule has 446 valence electrons. The zero-order valence-electron chi connectivity index (χ0n) is 48.8. The summed E-state index contributed by atoms with van der Waals surface area (Å²) in [5.41, 5.74) is -1.91. The Balaban J connectivity index is 1.49. The molecule has 0 radical (unpaired) electrons. The Hall–Kier alpha value is -4.29. The minimum atomic E-state index is -1.98. The second-order valence-electron chi connectivity index (χ2n) is 23.7. The summed E-state index contributed by atoms with van der Waals surface area (Å²) in [5.74, 6) is -7.83. The van der Waals surface area contributed by atoms with E-state index in [1.807, 2.05) is 51.1 Å². The molecule has 5 heterocycles. The molecular formula is C58H89NO20. The molecule has 1 aromatic rings. The lowest BCUT2D eigenvalue weighted by Crippen LogP contribution is -2.59. The third-order valence-corrected chi connectivity index (χ3v) is 16.4. The van der Waals surface area contributed by atoms with Gasteiger partial charge in [-0.3, -0.25) is 14.4 Å². The molecule has 21 heteroatoms. The zero-order valence-corrected chi connectivity index (χ0v) is 48.8. The lowest BCUT2D eigenvalue weighted by molar-refractivity contribution is -0.305. The Morgan fingerprint density at radius 2 is 1.46 bits per heavy atom. The predicted octanol–water partition coefficient (Wildman–Crippen LogP) is 6.73. The van der Waals surface area contributed by atoms with Crippen LogP contribution in [0.3, 0.4) is 0 Å². The van der Waals surface area contributed by atoms with Gasteiger partial charge < -0.3 is 77.1 Å². The molecule has 3 N–H and O–H groups in total. The van der Waals surface area contributed by atoms with E-state index in [1.54, 1.807) is 62.3 Å². The van der Waals surface area contributed by atoms with Crippen molar-refractivity contribution in [3.8, 4) is 0 Å². The minimum Gasteiger partial charge on any atom is -0.461 e. The van der Waals surface area contributed by atoms with E-state index in [0.29, 0.717) is 12.0 Å². The summed E-state index contributed by atoms with van der Waals surface area (Å²) in [6.07, 6.45) is -16.4. The van der Waals surface area contributed by atoms with Crippen LogP contribution in [-0.4, -0.2) is 164 Å². The SMILES string of the molecule is C=C1C[C@@H](C)O[C@@H](O[C@@H]2[C@@H](C)[C@H](O[C@H]3C[C@@]4(C)OC(=O)O[C@H]4[C@H](C)O3)[C@@H](C)C(=O)O[C@H]([C@@H](C)CO[C@@H]3O[C@H](C)[C@@H](O)[C@@H](OC)[C@H]3OC)[C@H](C)[C@@H](OC(=O)CC(C)C)[C@@H](C)C(=O)[C@@](C)(OC(=O)NCc3ccccc3)C[C@@H]2C)[C@@H]1O. The largest absolute Gasteiger partial charge is 0.509 e. The number of benzene rings is 1. The molecule has 1 amide bonds. The van der Waals surface area contributed by atoms with Gasteiger partial charge in [0.05, 0.1) is 49.0 Å². The number of esters is 2. The highest BCUT2D eigenvalue weighted by Gasteiger charge is 2.58. The van der Waals surface area contributed by atoms with Crippen molar-refractivity contribution in [1.82, 2.24) is 5.32 Å². The summed E-state index contributed by atoms with van der Waals surface area (Å²) in [7, 11) is 2.88. The maximum absolute atomic E-state index is 15.8. The fourth-order valence-electron chi connectivity index (χ4n) is 12.2. The molecule has 5 aliphatic rings. The Morgan fingerprint density at radius 1 is 0.785 bits per heavy atom. The topological polar surface area (TPSA) is 258 Å². The quantitative estimate of drug-likeness (QED) is 0.0880. The summed E-state index contributed by atoms with van der Waals surface area (Å²) < 4.78 is 81.0. The molecule has 5 fully saturated rings. The number of fused-ring (bicyclic) bond motifs is 1. The number of methoxy groups -OCH3 is 2. The van der Waals surface area contributed by atoms with Crippen LogP contribution in [0.15, 0.2) is 42.5 Å². The standard InChI is InChI=1S/C58H89NO20/c1-28(2)22-40(60)73-46-34(8)45(31(5)27-69-54-49(68-16)48(67-15)43(62)37(11)72-54)75-52(64)36(10)47(74-41-25-58(14)51(38(12)71-41)77-56(66)79-58)33(7)44(76-53-42(61)29(3)23-32(6)70-53)30(4)24-57(13,50(63)35(46)9)78-55(65)59-26-39-20-18-17-19-21-39/h17-21,28,30-38,41-49,51,53-54,61-62H,3,22-27H2,1-2,4-16H3,(H,59,65)/t30-,31-,32+,33+,34-,35+,36+,37+,38-,41-,42+,43+,44-,45+,46+,47-,48+,49+,51-,53-,54+,57-,58+/m0/s1. The van der Waals surface area contributed by atoms with Crippen LogP contribution in [0.4, 0.5) is 9.59 Å². The van der Waals surface area contributed by atoms with Gasteiger partial charge in [0.2, 0.25) is 0 Å². The maximum Gasteiger partial charge on any atom is 0.509 e. The van der Waals surface area contributed by atoms with Gasteiger partial charge in [-0.25, -0.2) is 9.59 Å². The van der Waals surface area contributed by atoms with Crippen molar-refractivity contribution < 1.29 is 95.8 Å². The molecule has 0 spiro atoms. The first kappa shape index (κ1) is 63.9. The van der Waals surface area contributed by atoms with Crippen molar-refractivity contribution in [1.29, 1.82) is 0 Å². The lowest BCUT2D eigenvalue weighted by atomic mass is 9.74. The summed E-state index contributed by atoms with van der Waals surface area (Å²) in [6.45, 7) is 26.5. The van der Waals surface area contributed by atoms with Crippen LogP contribution in [0, 0.1) is 41.4 Å². The van der Waals surface area contributed by atoms with E-state index >= 15 is 9.59 Å². The number of hydrogen-bond donors (Lipinski definition) is 3. The number of hydrogen-bond acceptors (Lipinski definition) is 20. The Bertz CT molecular complexity index is 2230. The molecule has 1 aromatic carbocycles. The van der Waals surface area contributed by atoms with E-state index in [4.69, 9.17) is 61.6 Å². The van der Waals surface area contributed by atoms with Crippen LogP contribution >= 0.6 is 0 Å². The Morgan fingerprint density at radius 3 is 2.10 bits per heavy atom. The number of ketones is 1. The number of nitrogens with one attached hydrogen (secondary N) is 1. The van der Waals surface area contributed by atoms with Gasteiger partial charge in [-0.05, 0) is 77.4 Å². The number of amides is 1. The van der Waals surface area contributed by atoms with Crippen LogP contribution < -0.4 is 5.32 Å². The molecule has 5 saturated heterocycles. The summed E-state index contributed by atoms with van der Waals surface area (Å²) >= 11 is 0. The van der Waals surface area contributed by atoms with Crippen LogP contribution in [0.5, 0.6) is 0 Å². The number of aliphatic hydroxyl groups excluding tert-OH is 2. The van der Waals surface area contributed by atoms with E-state index in [2.05, 4.69) is 11.9 Å². The number of cyclic esters (lactones) is 1. The van der Waals surface area contributed by atoms with Crippen LogP contribution in [0.25, 0.3) is 0 Å². The average Bonchev–Trinajstić information content (AvgIpc) is 3.81. The van der Waals surface area contributed by atoms with Gasteiger partial charge in [0.15, 0.2) is 42.0 Å². The van der Waals surface area contributed by atoms with Crippen molar-refractivity contribution in [2.45, 2.75) is 226 Å². The van der Waals surface area contributed by atoms with Gasteiger partial charge in [-0.1, -0.05) is 85.4 Å². The maximum atomic E-state index is 15.8. The fourth-order valence-corrected chi connectivity index (χ4v) is 12.2. The first-order valence-corrected chi connectivity index (χ1v) is 27.9. The number of ether oxygens (including phenoxy) is 13. The number of aliphatic hydroxyl groups is 2. The molecule has 6 rings (SSSR count). The monoisotopic (exact) mass is 1120 g/mol. The summed E-state index contributed by atoms with van der Waals surface area (Å²) in [5, 5.41) is 25.3. The molecule has 23 atom stereocenters. The third kappa shape index (κ3) is 15.2. The molecule has 0 bridgehead atoms. The zero-order chi connectivity index (χ0) is 58.4. The minimum absolute atomic E-state index is 0.000725. The van der Waals surface area contributed by atoms with E-state index in [0.717, 1.165) is 5.56 Å². The smallest absolute Gasteiger partial charge is 0.461 e. The van der Waals surface area contributed by atoms with Crippen molar-refractivity contribution in [3.63, 3.8) is 0 Å². The van der Waals surface area contributed by atoms with Crippen molar-refractivity contribution in [3.05, 3.63) is 48.0 Å². The molecule has 0 aliphatic carbocycles. The van der Waals surface area contributed by atoms with Gasteiger partial charge in [-0.15, -0.1) is 0 Å². The molecule has 0 saturated carbocycles. The van der Waals surface area contributed by atoms with Gasteiger partial charge in [0.25, 0.3) is 0 Å². The number of alkyl carbamates (subject to hydrolysis) is 1. The third-order valence-electron chi connectivity index (χ3n) is 16.4. The normalized spacial score (nSPS) is 41.0. The lowest BCUT2D eigenvalue weighted by Gasteiger charge is -2.46. The van der Waals surface area contributed by atoms with E-state index in [9.17, 15) is 24.6 Å². The van der Waals surface area contributed by atoms with Gasteiger partial charge in [0.1, 0.15) is 36.6 Å².